The summed E-state index contributed by atoms with van der Waals surface area (Å²) >= 11 is 1.93. The highest BCUT2D eigenvalue weighted by atomic mass is 32.1. The minimum Gasteiger partial charge on any atom is -0.468 e. The lowest BCUT2D eigenvalue weighted by molar-refractivity contribution is 0.335. The molecule has 5 aliphatic carbocycles. The lowest BCUT2D eigenvalue weighted by atomic mass is 9.67. The largest absolute Gasteiger partial charge is 0.468 e. The van der Waals surface area contributed by atoms with Gasteiger partial charge in [0.05, 0.1) is 6.26 Å². The summed E-state index contributed by atoms with van der Waals surface area (Å²) in [6.07, 6.45) is 21.2. The Morgan fingerprint density at radius 2 is 0.934 bits per heavy atom. The Bertz CT molecular complexity index is 3070. The van der Waals surface area contributed by atoms with E-state index in [1.807, 2.05) is 17.6 Å². The van der Waals surface area contributed by atoms with Crippen molar-refractivity contribution >= 4 is 32.9 Å². The van der Waals surface area contributed by atoms with Crippen molar-refractivity contribution in [3.05, 3.63) is 212 Å². The summed E-state index contributed by atoms with van der Waals surface area (Å²) in [4.78, 5) is 1.63. The molecule has 0 N–H and O–H groups in total. The molecular formula is C74H94OS. The van der Waals surface area contributed by atoms with Gasteiger partial charge in [0.2, 0.25) is 0 Å². The van der Waals surface area contributed by atoms with E-state index >= 15 is 0 Å². The molecule has 0 radical (unpaired) electrons. The maximum atomic E-state index is 5.47. The molecular weight excluding hydrogens is 937 g/mol. The minimum absolute atomic E-state index is 0.204. The molecule has 2 heteroatoms. The average molecular weight is 1030 g/mol. The maximum Gasteiger partial charge on any atom is 0.112 e. The van der Waals surface area contributed by atoms with E-state index in [1.165, 1.54) is 146 Å². The Balaban J connectivity index is 0.000000124. The van der Waals surface area contributed by atoms with Crippen molar-refractivity contribution in [3.8, 4) is 0 Å². The van der Waals surface area contributed by atoms with Crippen LogP contribution in [0.15, 0.2) is 156 Å². The van der Waals surface area contributed by atoms with Gasteiger partial charge in [-0.1, -0.05) is 217 Å². The van der Waals surface area contributed by atoms with Crippen LogP contribution in [-0.2, 0) is 59.2 Å². The second-order valence-corrected chi connectivity index (χ2v) is 28.3. The van der Waals surface area contributed by atoms with Gasteiger partial charge in [-0.15, -0.1) is 11.3 Å². The van der Waals surface area contributed by atoms with Gasteiger partial charge >= 0.3 is 0 Å². The number of aryl methyl sites for hydroxylation is 5. The van der Waals surface area contributed by atoms with Crippen molar-refractivity contribution in [2.24, 2.45) is 5.41 Å². The Morgan fingerprint density at radius 1 is 0.408 bits per heavy atom. The van der Waals surface area contributed by atoms with Crippen molar-refractivity contribution in [1.82, 2.24) is 0 Å². The van der Waals surface area contributed by atoms with Crippen LogP contribution in [-0.4, -0.2) is 0 Å². The molecule has 1 nitrogen and oxygen atoms in total. The van der Waals surface area contributed by atoms with Crippen LogP contribution in [0.3, 0.4) is 0 Å². The SMILES string of the molecule is CC(C)(C)C.CC1(C)CCCc2cc3ccccc3cc21.CC1(C)CCCc2ccc3ccccc3c21.CC1(C)CCCc2ccoc21.CC1(C)CCCc2ccsc21.CC1(c2ccccc2)CCCc2ccccc21. The molecule has 0 saturated carbocycles. The molecule has 0 fully saturated rings. The normalized spacial score (nSPS) is 19.9. The fourth-order valence-corrected chi connectivity index (χ4v) is 14.3. The van der Waals surface area contributed by atoms with Gasteiger partial charge in [-0.25, -0.2) is 0 Å². The second kappa shape index (κ2) is 23.8. The maximum absolute atomic E-state index is 5.47. The van der Waals surface area contributed by atoms with Crippen LogP contribution in [0.1, 0.15) is 215 Å². The molecule has 1 unspecified atom stereocenters. The Kier molecular flexibility index (Phi) is 17.9. The number of rotatable bonds is 1. The predicted molar refractivity (Wildman–Crippen MR) is 332 cm³/mol. The smallest absolute Gasteiger partial charge is 0.112 e. The summed E-state index contributed by atoms with van der Waals surface area (Å²) in [5.74, 6) is 1.21. The van der Waals surface area contributed by atoms with E-state index in [0.717, 1.165) is 0 Å². The summed E-state index contributed by atoms with van der Waals surface area (Å²) in [5, 5.41) is 7.86. The minimum atomic E-state index is 0.204. The zero-order chi connectivity index (χ0) is 54.4. The van der Waals surface area contributed by atoms with Gasteiger partial charge in [-0.05, 0) is 207 Å². The number of hydrogen-bond donors (Lipinski definition) is 0. The first-order chi connectivity index (χ1) is 36.1. The lowest BCUT2D eigenvalue weighted by Gasteiger charge is -2.36. The van der Waals surface area contributed by atoms with E-state index in [-0.39, 0.29) is 10.8 Å². The van der Waals surface area contributed by atoms with Crippen LogP contribution in [0.2, 0.25) is 0 Å². The molecule has 0 saturated heterocycles. The molecule has 13 rings (SSSR count). The first-order valence-corrected chi connectivity index (χ1v) is 30.2. The van der Waals surface area contributed by atoms with Crippen molar-refractivity contribution in [3.63, 3.8) is 0 Å². The molecule has 6 aromatic carbocycles. The van der Waals surface area contributed by atoms with E-state index in [4.69, 9.17) is 4.42 Å². The number of benzene rings is 6. The third-order valence-corrected chi connectivity index (χ3v) is 18.6. The molecule has 2 heterocycles. The van der Waals surface area contributed by atoms with E-state index in [0.29, 0.717) is 21.7 Å². The zero-order valence-electron chi connectivity index (χ0n) is 49.4. The van der Waals surface area contributed by atoms with Crippen LogP contribution in [0, 0.1) is 5.41 Å². The highest BCUT2D eigenvalue weighted by Gasteiger charge is 2.34. The summed E-state index contributed by atoms with van der Waals surface area (Å²) < 4.78 is 5.47. The first-order valence-electron chi connectivity index (χ1n) is 29.4. The molecule has 0 bridgehead atoms. The molecule has 0 amide bonds. The van der Waals surface area contributed by atoms with E-state index < -0.39 is 0 Å². The molecule has 402 valence electrons. The third kappa shape index (κ3) is 13.7. The third-order valence-electron chi connectivity index (χ3n) is 17.3. The molecule has 8 aromatic rings. The molecule has 2 aromatic heterocycles. The molecule has 0 aliphatic heterocycles. The van der Waals surface area contributed by atoms with Crippen molar-refractivity contribution < 1.29 is 4.42 Å². The van der Waals surface area contributed by atoms with Crippen LogP contribution < -0.4 is 0 Å². The highest BCUT2D eigenvalue weighted by molar-refractivity contribution is 7.10. The number of fused-ring (bicyclic) bond motifs is 8. The van der Waals surface area contributed by atoms with Crippen molar-refractivity contribution in [2.75, 3.05) is 0 Å². The van der Waals surface area contributed by atoms with Crippen LogP contribution in [0.4, 0.5) is 0 Å². The first kappa shape index (κ1) is 57.0. The van der Waals surface area contributed by atoms with Gasteiger partial charge in [0, 0.05) is 15.7 Å². The zero-order valence-corrected chi connectivity index (χ0v) is 50.2. The Morgan fingerprint density at radius 3 is 1.62 bits per heavy atom. The molecule has 5 aliphatic rings. The monoisotopic (exact) mass is 1030 g/mol. The van der Waals surface area contributed by atoms with Crippen LogP contribution in [0.25, 0.3) is 21.5 Å². The number of hydrogen-bond acceptors (Lipinski definition) is 2. The van der Waals surface area contributed by atoms with Gasteiger partial charge in [0.25, 0.3) is 0 Å². The van der Waals surface area contributed by atoms with Crippen LogP contribution >= 0.6 is 11.3 Å². The summed E-state index contributed by atoms with van der Waals surface area (Å²) in [6, 6.07) is 51.2. The molecule has 1 atom stereocenters. The fourth-order valence-electron chi connectivity index (χ4n) is 13.2. The Labute approximate surface area is 465 Å². The quantitative estimate of drug-likeness (QED) is 0.160. The van der Waals surface area contributed by atoms with E-state index in [1.54, 1.807) is 32.7 Å². The fraction of sp³-hybridized carbons (Fsp3) is 0.459. The van der Waals surface area contributed by atoms with Gasteiger partial charge < -0.3 is 4.42 Å². The summed E-state index contributed by atoms with van der Waals surface area (Å²) in [7, 11) is 0. The second-order valence-electron chi connectivity index (χ2n) is 27.4. The predicted octanol–water partition coefficient (Wildman–Crippen LogP) is 21.5. The lowest BCUT2D eigenvalue weighted by Crippen LogP contribution is -2.28. The van der Waals surface area contributed by atoms with Gasteiger partial charge in [0.15, 0.2) is 0 Å². The van der Waals surface area contributed by atoms with Gasteiger partial charge in [-0.2, -0.15) is 0 Å². The van der Waals surface area contributed by atoms with Crippen molar-refractivity contribution in [1.29, 1.82) is 0 Å². The standard InChI is InChI=1S/C17H18.2C16H18.C10H14O.C10H14S.C5H12/c1-17(15-10-3-2-4-11-15)13-7-9-14-8-5-6-12-16(14)17;1-16(2)11-5-7-13-10-9-12-6-3-4-8-14(12)15(13)16;1-16(2)9-5-8-14-10-12-6-3-4-7-13(12)11-15(14)16;2*1-10(2)6-3-4-8-5-7-11-9(8)10;1-5(2,3)4/h2-6,8,10-12H,7,9,13H2,1H3;3-4,6,8-10H,5,7,11H2,1-2H3;3-4,6-7,10-11H,5,8-9H2,1-2H3;2*5,7H,3-4,6H2,1-2H3;1-4H3. The highest BCUT2D eigenvalue weighted by Crippen LogP contribution is 2.44. The number of thiophene rings is 1. The van der Waals surface area contributed by atoms with Crippen LogP contribution in [0.5, 0.6) is 0 Å². The molecule has 0 spiro atoms. The summed E-state index contributed by atoms with van der Waals surface area (Å²) in [5.41, 5.74) is 16.0. The average Bonchev–Trinajstić information content (AvgIpc) is 4.09. The van der Waals surface area contributed by atoms with E-state index in [2.05, 4.69) is 235 Å². The van der Waals surface area contributed by atoms with Crippen molar-refractivity contribution in [2.45, 2.75) is 213 Å². The Hall–Kier alpha value is -5.18. The van der Waals surface area contributed by atoms with Gasteiger partial charge in [0.1, 0.15) is 5.76 Å². The number of furan rings is 1. The summed E-state index contributed by atoms with van der Waals surface area (Å²) in [6.45, 7) is 29.9. The topological polar surface area (TPSA) is 13.1 Å². The van der Waals surface area contributed by atoms with E-state index in [9.17, 15) is 0 Å². The molecule has 76 heavy (non-hydrogen) atoms. The van der Waals surface area contributed by atoms with Gasteiger partial charge in [-0.3, -0.25) is 0 Å².